The molecule has 3 aliphatic rings. The molecule has 2 aliphatic heterocycles. The number of pyridine rings is 1. The van der Waals surface area contributed by atoms with Crippen LogP contribution in [0.3, 0.4) is 0 Å². The van der Waals surface area contributed by atoms with Crippen molar-refractivity contribution in [3.8, 4) is 0 Å². The number of carbonyl (C=O) groups is 1. The molecule has 0 spiro atoms. The largest absolute Gasteiger partial charge is 0.461 e. The summed E-state index contributed by atoms with van der Waals surface area (Å²) in [6.07, 6.45) is 9.48. The summed E-state index contributed by atoms with van der Waals surface area (Å²) in [7, 11) is 0. The van der Waals surface area contributed by atoms with Gasteiger partial charge in [0.05, 0.1) is 42.3 Å². The standard InChI is InChI=1S/C27H37N5O3/c1-4-20(5-2)32-26-24(25(29-32)19-8-7-9-19)23(18-22(28-26)27(33)35-6-3)31-12-10-21(11-13-31)30-14-16-34-17-15-30/h4-5,18-19,21H,1,6-17H2,2-3H3/b20-5+. The van der Waals surface area contributed by atoms with Crippen molar-refractivity contribution in [1.82, 2.24) is 19.7 Å². The Hall–Kier alpha value is -2.71. The maximum Gasteiger partial charge on any atom is 0.357 e. The molecule has 0 amide bonds. The number of morpholine rings is 1. The van der Waals surface area contributed by atoms with E-state index < -0.39 is 5.97 Å². The summed E-state index contributed by atoms with van der Waals surface area (Å²) >= 11 is 0. The van der Waals surface area contributed by atoms with Crippen molar-refractivity contribution in [2.75, 3.05) is 50.9 Å². The molecule has 0 aromatic carbocycles. The Morgan fingerprint density at radius 1 is 1.20 bits per heavy atom. The highest BCUT2D eigenvalue weighted by Crippen LogP contribution is 2.43. The van der Waals surface area contributed by atoms with E-state index in [4.69, 9.17) is 19.6 Å². The zero-order valence-electron chi connectivity index (χ0n) is 21.0. The fraction of sp³-hybridized carbons (Fsp3) is 0.593. The molecule has 35 heavy (non-hydrogen) atoms. The predicted octanol–water partition coefficient (Wildman–Crippen LogP) is 4.22. The molecule has 188 valence electrons. The number of esters is 1. The first-order chi connectivity index (χ1) is 17.1. The minimum atomic E-state index is -0.391. The third kappa shape index (κ3) is 4.61. The molecule has 0 unspecified atom stereocenters. The second-order valence-electron chi connectivity index (χ2n) is 9.65. The highest BCUT2D eigenvalue weighted by atomic mass is 16.5. The maximum absolute atomic E-state index is 12.8. The van der Waals surface area contributed by atoms with Gasteiger partial charge in [0, 0.05) is 38.1 Å². The van der Waals surface area contributed by atoms with E-state index in [0.717, 1.165) is 93.2 Å². The van der Waals surface area contributed by atoms with Crippen LogP contribution in [0.2, 0.25) is 0 Å². The Morgan fingerprint density at radius 3 is 2.54 bits per heavy atom. The third-order valence-electron chi connectivity index (χ3n) is 7.74. The maximum atomic E-state index is 12.8. The zero-order chi connectivity index (χ0) is 24.4. The first kappa shape index (κ1) is 24.0. The van der Waals surface area contributed by atoms with Crippen molar-refractivity contribution in [2.24, 2.45) is 0 Å². The normalized spacial score (nSPS) is 20.7. The summed E-state index contributed by atoms with van der Waals surface area (Å²) in [6.45, 7) is 13.7. The molecule has 0 bridgehead atoms. The van der Waals surface area contributed by atoms with Crippen molar-refractivity contribution < 1.29 is 14.3 Å². The highest BCUT2D eigenvalue weighted by molar-refractivity contribution is 5.99. The van der Waals surface area contributed by atoms with Crippen LogP contribution in [0.4, 0.5) is 5.69 Å². The van der Waals surface area contributed by atoms with Crippen LogP contribution in [0.1, 0.15) is 68.1 Å². The van der Waals surface area contributed by atoms with Crippen LogP contribution in [0, 0.1) is 0 Å². The van der Waals surface area contributed by atoms with Gasteiger partial charge >= 0.3 is 5.97 Å². The van der Waals surface area contributed by atoms with Crippen LogP contribution in [-0.4, -0.2) is 77.7 Å². The fourth-order valence-electron chi connectivity index (χ4n) is 5.57. The number of hydrogen-bond donors (Lipinski definition) is 0. The monoisotopic (exact) mass is 479 g/mol. The van der Waals surface area contributed by atoms with E-state index in [-0.39, 0.29) is 0 Å². The van der Waals surface area contributed by atoms with Crippen LogP contribution >= 0.6 is 0 Å². The number of aromatic nitrogens is 3. The van der Waals surface area contributed by atoms with Gasteiger partial charge < -0.3 is 14.4 Å². The lowest BCUT2D eigenvalue weighted by Crippen LogP contribution is -2.49. The number of piperidine rings is 1. The molecule has 1 saturated carbocycles. The van der Waals surface area contributed by atoms with E-state index in [1.165, 1.54) is 6.42 Å². The Labute approximate surface area is 207 Å². The van der Waals surface area contributed by atoms with Gasteiger partial charge in [-0.2, -0.15) is 5.10 Å². The Balaban J connectivity index is 1.57. The molecule has 0 atom stereocenters. The summed E-state index contributed by atoms with van der Waals surface area (Å²) in [5.41, 5.74) is 4.08. The summed E-state index contributed by atoms with van der Waals surface area (Å²) in [4.78, 5) is 22.6. The number of nitrogens with zero attached hydrogens (tertiary/aromatic N) is 5. The summed E-state index contributed by atoms with van der Waals surface area (Å²) < 4.78 is 12.8. The topological polar surface area (TPSA) is 72.7 Å². The van der Waals surface area contributed by atoms with E-state index in [2.05, 4.69) is 16.4 Å². The van der Waals surface area contributed by atoms with E-state index in [1.54, 1.807) is 6.08 Å². The van der Waals surface area contributed by atoms with Gasteiger partial charge in [0.15, 0.2) is 11.3 Å². The van der Waals surface area contributed by atoms with Crippen molar-refractivity contribution in [1.29, 1.82) is 0 Å². The van der Waals surface area contributed by atoms with Gasteiger partial charge in [-0.15, -0.1) is 0 Å². The number of rotatable bonds is 7. The van der Waals surface area contributed by atoms with Crippen molar-refractivity contribution >= 4 is 28.4 Å². The van der Waals surface area contributed by atoms with Crippen LogP contribution < -0.4 is 4.90 Å². The number of hydrogen-bond acceptors (Lipinski definition) is 7. The SMILES string of the molecule is C=C/C(=C\C)n1nc(C2CCC2)c2c(N3CCC(N4CCOCC4)CC3)cc(C(=O)OCC)nc21. The summed E-state index contributed by atoms with van der Waals surface area (Å²) in [5, 5.41) is 6.13. The summed E-state index contributed by atoms with van der Waals surface area (Å²) in [6, 6.07) is 2.52. The Bertz CT molecular complexity index is 1110. The molecule has 8 heteroatoms. The van der Waals surface area contributed by atoms with Gasteiger partial charge in [0.25, 0.3) is 0 Å². The van der Waals surface area contributed by atoms with E-state index in [0.29, 0.717) is 24.3 Å². The van der Waals surface area contributed by atoms with Gasteiger partial charge in [0.2, 0.25) is 0 Å². The van der Waals surface area contributed by atoms with Crippen molar-refractivity contribution in [3.05, 3.63) is 36.2 Å². The lowest BCUT2D eigenvalue weighted by Gasteiger charge is -2.41. The second kappa shape index (κ2) is 10.5. The number of anilines is 1. The molecule has 2 saturated heterocycles. The van der Waals surface area contributed by atoms with E-state index in [1.807, 2.05) is 30.7 Å². The molecule has 0 radical (unpaired) electrons. The predicted molar refractivity (Wildman–Crippen MR) is 138 cm³/mol. The molecule has 4 heterocycles. The first-order valence-corrected chi connectivity index (χ1v) is 13.1. The van der Waals surface area contributed by atoms with Crippen LogP contribution in [-0.2, 0) is 9.47 Å². The van der Waals surface area contributed by atoms with Crippen LogP contribution in [0.25, 0.3) is 16.7 Å². The van der Waals surface area contributed by atoms with Crippen molar-refractivity contribution in [2.45, 2.75) is 57.9 Å². The van der Waals surface area contributed by atoms with Gasteiger partial charge in [-0.1, -0.05) is 19.1 Å². The van der Waals surface area contributed by atoms with Crippen LogP contribution in [0.5, 0.6) is 0 Å². The Morgan fingerprint density at radius 2 is 1.94 bits per heavy atom. The first-order valence-electron chi connectivity index (χ1n) is 13.1. The lowest BCUT2D eigenvalue weighted by atomic mass is 9.82. The third-order valence-corrected chi connectivity index (χ3v) is 7.74. The highest BCUT2D eigenvalue weighted by Gasteiger charge is 2.32. The van der Waals surface area contributed by atoms with Crippen LogP contribution in [0.15, 0.2) is 24.8 Å². The number of carbonyl (C=O) groups excluding carboxylic acids is 1. The molecule has 2 aromatic heterocycles. The number of fused-ring (bicyclic) bond motifs is 1. The molecule has 5 rings (SSSR count). The molecule has 8 nitrogen and oxygen atoms in total. The van der Waals surface area contributed by atoms with Gasteiger partial charge in [-0.05, 0) is 51.7 Å². The quantitative estimate of drug-likeness (QED) is 0.435. The lowest BCUT2D eigenvalue weighted by molar-refractivity contribution is 0.0115. The number of ether oxygens (including phenoxy) is 2. The van der Waals surface area contributed by atoms with E-state index in [9.17, 15) is 4.79 Å². The minimum absolute atomic E-state index is 0.318. The Kier molecular flexibility index (Phi) is 7.20. The molecule has 3 fully saturated rings. The molecule has 0 N–H and O–H groups in total. The fourth-order valence-corrected chi connectivity index (χ4v) is 5.57. The van der Waals surface area contributed by atoms with Crippen molar-refractivity contribution in [3.63, 3.8) is 0 Å². The second-order valence-corrected chi connectivity index (χ2v) is 9.65. The number of allylic oxidation sites excluding steroid dienone is 3. The minimum Gasteiger partial charge on any atom is -0.461 e. The molecular formula is C27H37N5O3. The van der Waals surface area contributed by atoms with Gasteiger partial charge in [0.1, 0.15) is 0 Å². The zero-order valence-corrected chi connectivity index (χ0v) is 21.0. The van der Waals surface area contributed by atoms with Gasteiger partial charge in [-0.25, -0.2) is 14.5 Å². The average Bonchev–Trinajstić information content (AvgIpc) is 3.23. The molecule has 1 aliphatic carbocycles. The molecule has 2 aromatic rings. The van der Waals surface area contributed by atoms with Gasteiger partial charge in [-0.3, -0.25) is 4.90 Å². The molecular weight excluding hydrogens is 442 g/mol. The average molecular weight is 480 g/mol. The van der Waals surface area contributed by atoms with E-state index >= 15 is 0 Å². The summed E-state index contributed by atoms with van der Waals surface area (Å²) in [5.74, 6) is 0.0407. The smallest absolute Gasteiger partial charge is 0.357 e.